The lowest BCUT2D eigenvalue weighted by atomic mass is 10.1. The molecule has 29 heavy (non-hydrogen) atoms. The molecule has 1 aromatic carbocycles. The number of carbonyl (C=O) groups is 2. The third-order valence-corrected chi connectivity index (χ3v) is 7.11. The molecule has 1 saturated heterocycles. The van der Waals surface area contributed by atoms with E-state index < -0.39 is 0 Å². The normalized spacial score (nSPS) is 16.3. The van der Waals surface area contributed by atoms with Crippen molar-refractivity contribution in [2.75, 3.05) is 18.6 Å². The highest BCUT2D eigenvalue weighted by molar-refractivity contribution is 7.21. The topological polar surface area (TPSA) is 71.5 Å². The Hall–Kier alpha value is -2.71. The molecule has 150 valence electrons. The number of thiophene rings is 1. The summed E-state index contributed by atoms with van der Waals surface area (Å²) < 4.78 is 5.23. The minimum absolute atomic E-state index is 0.0487. The summed E-state index contributed by atoms with van der Waals surface area (Å²) in [5.74, 6) is 0.172. The Morgan fingerprint density at radius 3 is 2.97 bits per heavy atom. The molecule has 1 N–H and O–H groups in total. The third-order valence-electron chi connectivity index (χ3n) is 4.91. The van der Waals surface area contributed by atoms with E-state index in [1.165, 1.54) is 0 Å². The lowest BCUT2D eigenvalue weighted by Crippen LogP contribution is -2.32. The second-order valence-corrected chi connectivity index (χ2v) is 8.86. The van der Waals surface area contributed by atoms with Gasteiger partial charge >= 0.3 is 0 Å². The van der Waals surface area contributed by atoms with Gasteiger partial charge in [-0.2, -0.15) is 0 Å². The molecule has 0 aliphatic carbocycles. The van der Waals surface area contributed by atoms with Gasteiger partial charge in [0.25, 0.3) is 0 Å². The van der Waals surface area contributed by atoms with E-state index in [0.29, 0.717) is 18.8 Å². The number of benzene rings is 1. The summed E-state index contributed by atoms with van der Waals surface area (Å²) in [7, 11) is 1.59. The molecule has 2 amide bonds. The number of nitrogens with one attached hydrogen (secondary N) is 1. The summed E-state index contributed by atoms with van der Waals surface area (Å²) in [6.45, 7) is 2.76. The zero-order valence-corrected chi connectivity index (χ0v) is 17.8. The molecule has 0 spiro atoms. The predicted molar refractivity (Wildman–Crippen MR) is 115 cm³/mol. The highest BCUT2D eigenvalue weighted by atomic mass is 32.1. The summed E-state index contributed by atoms with van der Waals surface area (Å²) in [5.41, 5.74) is 1.68. The van der Waals surface area contributed by atoms with Crippen molar-refractivity contribution in [3.63, 3.8) is 0 Å². The molecule has 1 atom stereocenters. The van der Waals surface area contributed by atoms with Gasteiger partial charge in [0.1, 0.15) is 10.8 Å². The fraction of sp³-hybridized carbons (Fsp3) is 0.286. The fourth-order valence-electron chi connectivity index (χ4n) is 3.32. The van der Waals surface area contributed by atoms with E-state index in [4.69, 9.17) is 4.74 Å². The number of thiazole rings is 1. The summed E-state index contributed by atoms with van der Waals surface area (Å²) in [6, 6.07) is 11.4. The van der Waals surface area contributed by atoms with E-state index in [-0.39, 0.29) is 24.2 Å². The van der Waals surface area contributed by atoms with Crippen molar-refractivity contribution in [3.05, 3.63) is 52.3 Å². The van der Waals surface area contributed by atoms with Crippen molar-refractivity contribution in [1.29, 1.82) is 0 Å². The molecule has 2 aromatic heterocycles. The molecule has 8 heteroatoms. The van der Waals surface area contributed by atoms with Crippen LogP contribution in [0, 0.1) is 12.8 Å². The van der Waals surface area contributed by atoms with Crippen LogP contribution in [0.1, 0.15) is 17.0 Å². The number of nitrogens with zero attached hydrogens (tertiary/aromatic N) is 2. The first-order chi connectivity index (χ1) is 14.0. The standard InChI is InChI=1S/C21H21N3O3S2/c1-13-18(29-21(23-13)17-7-4-8-28-17)11-22-20(26)14-9-19(25)24(12-14)15-5-3-6-16(10-15)27-2/h3-8,10,14H,9,11-12H2,1-2H3,(H,22,26). The van der Waals surface area contributed by atoms with E-state index in [0.717, 1.165) is 26.1 Å². The average Bonchev–Trinajstić information content (AvgIpc) is 3.46. The Labute approximate surface area is 177 Å². The lowest BCUT2D eigenvalue weighted by Gasteiger charge is -2.17. The van der Waals surface area contributed by atoms with Crippen LogP contribution in [0.25, 0.3) is 9.88 Å². The number of hydrogen-bond acceptors (Lipinski definition) is 6. The van der Waals surface area contributed by atoms with Crippen molar-refractivity contribution in [2.45, 2.75) is 19.9 Å². The number of aryl methyl sites for hydroxylation is 1. The largest absolute Gasteiger partial charge is 0.497 e. The van der Waals surface area contributed by atoms with Crippen LogP contribution in [0.5, 0.6) is 5.75 Å². The van der Waals surface area contributed by atoms with Gasteiger partial charge in [0, 0.05) is 29.6 Å². The van der Waals surface area contributed by atoms with Gasteiger partial charge in [-0.3, -0.25) is 9.59 Å². The number of ether oxygens (including phenoxy) is 1. The highest BCUT2D eigenvalue weighted by Crippen LogP contribution is 2.31. The maximum atomic E-state index is 12.7. The number of methoxy groups -OCH3 is 1. The van der Waals surface area contributed by atoms with Gasteiger partial charge in [0.05, 0.1) is 30.1 Å². The zero-order chi connectivity index (χ0) is 20.4. The molecule has 4 rings (SSSR count). The Bertz CT molecular complexity index is 1030. The number of amides is 2. The van der Waals surface area contributed by atoms with E-state index >= 15 is 0 Å². The number of carbonyl (C=O) groups excluding carboxylic acids is 2. The minimum Gasteiger partial charge on any atom is -0.497 e. The quantitative estimate of drug-likeness (QED) is 0.648. The van der Waals surface area contributed by atoms with E-state index in [1.807, 2.05) is 48.7 Å². The van der Waals surface area contributed by atoms with Crippen molar-refractivity contribution in [1.82, 2.24) is 10.3 Å². The summed E-state index contributed by atoms with van der Waals surface area (Å²) in [4.78, 5) is 33.6. The van der Waals surface area contributed by atoms with Crippen molar-refractivity contribution in [3.8, 4) is 15.6 Å². The Kier molecular flexibility index (Phi) is 5.64. The third kappa shape index (κ3) is 4.18. The van der Waals surface area contributed by atoms with Gasteiger partial charge in [-0.1, -0.05) is 12.1 Å². The average molecular weight is 428 g/mol. The van der Waals surface area contributed by atoms with Gasteiger partial charge in [-0.05, 0) is 30.5 Å². The first-order valence-electron chi connectivity index (χ1n) is 9.27. The maximum absolute atomic E-state index is 12.7. The number of rotatable bonds is 6. The molecule has 1 aliphatic rings. The molecule has 6 nitrogen and oxygen atoms in total. The minimum atomic E-state index is -0.362. The smallest absolute Gasteiger partial charge is 0.227 e. The SMILES string of the molecule is COc1cccc(N2CC(C(=O)NCc3sc(-c4cccs4)nc3C)CC2=O)c1. The van der Waals surface area contributed by atoms with Crippen LogP contribution in [0.4, 0.5) is 5.69 Å². The second-order valence-electron chi connectivity index (χ2n) is 6.83. The van der Waals surface area contributed by atoms with Gasteiger partial charge in [0.2, 0.25) is 11.8 Å². The van der Waals surface area contributed by atoms with Crippen LogP contribution in [0.3, 0.4) is 0 Å². The Balaban J connectivity index is 1.39. The first-order valence-corrected chi connectivity index (χ1v) is 11.0. The zero-order valence-electron chi connectivity index (χ0n) is 16.2. The number of aromatic nitrogens is 1. The molecule has 0 radical (unpaired) electrons. The molecule has 1 aliphatic heterocycles. The Morgan fingerprint density at radius 1 is 1.34 bits per heavy atom. The van der Waals surface area contributed by atoms with Crippen LogP contribution in [0.15, 0.2) is 41.8 Å². The summed E-state index contributed by atoms with van der Waals surface area (Å²) in [5, 5.41) is 5.99. The van der Waals surface area contributed by atoms with E-state index in [1.54, 1.807) is 34.7 Å². The molecular formula is C21H21N3O3S2. The molecule has 3 heterocycles. The molecule has 1 unspecified atom stereocenters. The molecule has 0 saturated carbocycles. The van der Waals surface area contributed by atoms with Crippen molar-refractivity contribution in [2.24, 2.45) is 5.92 Å². The van der Waals surface area contributed by atoms with Gasteiger partial charge in [-0.15, -0.1) is 22.7 Å². The molecule has 1 fully saturated rings. The van der Waals surface area contributed by atoms with E-state index in [2.05, 4.69) is 10.3 Å². The van der Waals surface area contributed by atoms with Crippen molar-refractivity contribution < 1.29 is 14.3 Å². The maximum Gasteiger partial charge on any atom is 0.227 e. The first kappa shape index (κ1) is 19.6. The molecular weight excluding hydrogens is 406 g/mol. The number of anilines is 1. The summed E-state index contributed by atoms with van der Waals surface area (Å²) in [6.07, 6.45) is 0.213. The monoisotopic (exact) mass is 427 g/mol. The predicted octanol–water partition coefficient (Wildman–Crippen LogP) is 3.86. The molecule has 3 aromatic rings. The van der Waals surface area contributed by atoms with Gasteiger partial charge in [0.15, 0.2) is 0 Å². The van der Waals surface area contributed by atoms with Crippen LogP contribution < -0.4 is 15.0 Å². The Morgan fingerprint density at radius 2 is 2.21 bits per heavy atom. The lowest BCUT2D eigenvalue weighted by molar-refractivity contribution is -0.126. The second kappa shape index (κ2) is 8.34. The van der Waals surface area contributed by atoms with Crippen LogP contribution >= 0.6 is 22.7 Å². The summed E-state index contributed by atoms with van der Waals surface area (Å²) >= 11 is 3.25. The van der Waals surface area contributed by atoms with Gasteiger partial charge in [-0.25, -0.2) is 4.98 Å². The van der Waals surface area contributed by atoms with Crippen LogP contribution in [-0.4, -0.2) is 30.5 Å². The van der Waals surface area contributed by atoms with Crippen LogP contribution in [0.2, 0.25) is 0 Å². The number of hydrogen-bond donors (Lipinski definition) is 1. The highest BCUT2D eigenvalue weighted by Gasteiger charge is 2.35. The van der Waals surface area contributed by atoms with Crippen molar-refractivity contribution >= 4 is 40.2 Å². The van der Waals surface area contributed by atoms with Gasteiger partial charge < -0.3 is 15.0 Å². The van der Waals surface area contributed by atoms with Crippen LogP contribution in [-0.2, 0) is 16.1 Å². The van der Waals surface area contributed by atoms with E-state index in [9.17, 15) is 9.59 Å². The fourth-order valence-corrected chi connectivity index (χ4v) is 5.12. The molecule has 0 bridgehead atoms.